The van der Waals surface area contributed by atoms with Gasteiger partial charge in [-0.2, -0.15) is 0 Å². The minimum Gasteiger partial charge on any atom is -0.329 e. The fourth-order valence-corrected chi connectivity index (χ4v) is 2.61. The summed E-state index contributed by atoms with van der Waals surface area (Å²) in [6.45, 7) is 7.37. The third-order valence-electron chi connectivity index (χ3n) is 2.82. The Bertz CT molecular complexity index is 281. The van der Waals surface area contributed by atoms with Crippen LogP contribution >= 0.6 is 11.8 Å². The van der Waals surface area contributed by atoms with Gasteiger partial charge in [0.1, 0.15) is 0 Å². The molecule has 0 amide bonds. The van der Waals surface area contributed by atoms with Gasteiger partial charge < -0.3 is 5.73 Å². The van der Waals surface area contributed by atoms with Crippen LogP contribution < -0.4 is 5.73 Å². The van der Waals surface area contributed by atoms with Crippen molar-refractivity contribution in [1.29, 1.82) is 0 Å². The molecule has 0 saturated heterocycles. The minimum atomic E-state index is 0.540. The van der Waals surface area contributed by atoms with Crippen LogP contribution in [-0.2, 0) is 0 Å². The topological polar surface area (TPSA) is 26.0 Å². The summed E-state index contributed by atoms with van der Waals surface area (Å²) in [6.07, 6.45) is 1.20. The van der Waals surface area contributed by atoms with E-state index < -0.39 is 0 Å². The van der Waals surface area contributed by atoms with E-state index in [-0.39, 0.29) is 0 Å². The standard InChI is InChI=1S/C13H21NS/c1-4-11(3)13(9-14)15-12-7-5-10(2)6-8-12/h5-8,11,13H,4,9,14H2,1-3H3. The zero-order chi connectivity index (χ0) is 11.3. The van der Waals surface area contributed by atoms with Crippen LogP contribution in [-0.4, -0.2) is 11.8 Å². The first-order valence-corrected chi connectivity index (χ1v) is 6.48. The van der Waals surface area contributed by atoms with Gasteiger partial charge >= 0.3 is 0 Å². The molecule has 2 unspecified atom stereocenters. The largest absolute Gasteiger partial charge is 0.329 e. The maximum atomic E-state index is 5.81. The Morgan fingerprint density at radius 3 is 2.33 bits per heavy atom. The molecule has 0 saturated carbocycles. The van der Waals surface area contributed by atoms with Crippen molar-refractivity contribution in [2.75, 3.05) is 6.54 Å². The molecule has 2 heteroatoms. The van der Waals surface area contributed by atoms with E-state index in [0.717, 1.165) is 6.54 Å². The molecule has 2 N–H and O–H groups in total. The molecular weight excluding hydrogens is 202 g/mol. The molecule has 0 aliphatic rings. The van der Waals surface area contributed by atoms with Gasteiger partial charge in [0.05, 0.1) is 0 Å². The molecule has 1 nitrogen and oxygen atoms in total. The molecule has 0 spiro atoms. The van der Waals surface area contributed by atoms with Gasteiger partial charge in [-0.3, -0.25) is 0 Å². The number of rotatable bonds is 5. The number of thioether (sulfide) groups is 1. The highest BCUT2D eigenvalue weighted by atomic mass is 32.2. The molecule has 0 aliphatic heterocycles. The molecule has 1 aromatic carbocycles. The number of hydrogen-bond acceptors (Lipinski definition) is 2. The van der Waals surface area contributed by atoms with Crippen LogP contribution in [0.1, 0.15) is 25.8 Å². The maximum absolute atomic E-state index is 5.81. The van der Waals surface area contributed by atoms with E-state index >= 15 is 0 Å². The maximum Gasteiger partial charge on any atom is 0.0243 e. The number of benzene rings is 1. The lowest BCUT2D eigenvalue weighted by Crippen LogP contribution is -2.23. The van der Waals surface area contributed by atoms with Gasteiger partial charge in [-0.25, -0.2) is 0 Å². The molecule has 84 valence electrons. The normalized spacial score (nSPS) is 14.9. The Morgan fingerprint density at radius 1 is 1.27 bits per heavy atom. The number of aryl methyl sites for hydroxylation is 1. The SMILES string of the molecule is CCC(C)C(CN)Sc1ccc(C)cc1. The van der Waals surface area contributed by atoms with Crippen molar-refractivity contribution in [3.8, 4) is 0 Å². The first kappa shape index (κ1) is 12.6. The summed E-state index contributed by atoms with van der Waals surface area (Å²) in [7, 11) is 0. The Hall–Kier alpha value is -0.470. The van der Waals surface area contributed by atoms with E-state index in [1.54, 1.807) is 0 Å². The zero-order valence-electron chi connectivity index (χ0n) is 9.86. The van der Waals surface area contributed by atoms with E-state index in [0.29, 0.717) is 11.2 Å². The molecule has 2 atom stereocenters. The van der Waals surface area contributed by atoms with Crippen molar-refractivity contribution in [1.82, 2.24) is 0 Å². The second-order valence-corrected chi connectivity index (χ2v) is 5.40. The van der Waals surface area contributed by atoms with Crippen LogP contribution in [0.25, 0.3) is 0 Å². The van der Waals surface area contributed by atoms with Gasteiger partial charge in [0.15, 0.2) is 0 Å². The van der Waals surface area contributed by atoms with E-state index in [4.69, 9.17) is 5.73 Å². The zero-order valence-corrected chi connectivity index (χ0v) is 10.7. The van der Waals surface area contributed by atoms with Crippen molar-refractivity contribution in [3.63, 3.8) is 0 Å². The van der Waals surface area contributed by atoms with E-state index in [1.165, 1.54) is 16.9 Å². The van der Waals surface area contributed by atoms with Crippen LogP contribution in [0, 0.1) is 12.8 Å². The van der Waals surface area contributed by atoms with Gasteiger partial charge in [0.25, 0.3) is 0 Å². The lowest BCUT2D eigenvalue weighted by atomic mass is 10.1. The van der Waals surface area contributed by atoms with Crippen molar-refractivity contribution in [3.05, 3.63) is 29.8 Å². The van der Waals surface area contributed by atoms with Crippen molar-refractivity contribution in [2.24, 2.45) is 11.7 Å². The summed E-state index contributed by atoms with van der Waals surface area (Å²) in [5, 5.41) is 0.540. The molecule has 1 aromatic rings. The summed E-state index contributed by atoms with van der Waals surface area (Å²) < 4.78 is 0. The van der Waals surface area contributed by atoms with Crippen LogP contribution in [0.4, 0.5) is 0 Å². The second kappa shape index (κ2) is 6.19. The van der Waals surface area contributed by atoms with Crippen LogP contribution in [0.2, 0.25) is 0 Å². The second-order valence-electron chi connectivity index (χ2n) is 4.09. The van der Waals surface area contributed by atoms with E-state index in [1.807, 2.05) is 11.8 Å². The summed E-state index contributed by atoms with van der Waals surface area (Å²) in [5.74, 6) is 0.682. The highest BCUT2D eigenvalue weighted by Gasteiger charge is 2.15. The predicted octanol–water partition coefficient (Wildman–Crippen LogP) is 3.46. The third kappa shape index (κ3) is 3.88. The summed E-state index contributed by atoms with van der Waals surface area (Å²) >= 11 is 1.91. The molecular formula is C13H21NS. The van der Waals surface area contributed by atoms with E-state index in [2.05, 4.69) is 45.0 Å². The van der Waals surface area contributed by atoms with Crippen LogP contribution in [0.3, 0.4) is 0 Å². The average molecular weight is 223 g/mol. The molecule has 0 aromatic heterocycles. The lowest BCUT2D eigenvalue weighted by molar-refractivity contribution is 0.538. The van der Waals surface area contributed by atoms with Crippen molar-refractivity contribution < 1.29 is 0 Å². The van der Waals surface area contributed by atoms with Gasteiger partial charge in [-0.05, 0) is 25.0 Å². The van der Waals surface area contributed by atoms with Gasteiger partial charge in [-0.1, -0.05) is 38.0 Å². The fraction of sp³-hybridized carbons (Fsp3) is 0.538. The molecule has 0 heterocycles. The fourth-order valence-electron chi connectivity index (χ4n) is 1.45. The molecule has 0 aliphatic carbocycles. The van der Waals surface area contributed by atoms with E-state index in [9.17, 15) is 0 Å². The van der Waals surface area contributed by atoms with Gasteiger partial charge in [0, 0.05) is 16.7 Å². The highest BCUT2D eigenvalue weighted by Crippen LogP contribution is 2.28. The Labute approximate surface area is 97.4 Å². The van der Waals surface area contributed by atoms with Crippen molar-refractivity contribution >= 4 is 11.8 Å². The summed E-state index contributed by atoms with van der Waals surface area (Å²) in [5.41, 5.74) is 7.12. The smallest absolute Gasteiger partial charge is 0.0243 e. The van der Waals surface area contributed by atoms with Crippen LogP contribution in [0.15, 0.2) is 29.2 Å². The van der Waals surface area contributed by atoms with Gasteiger partial charge in [-0.15, -0.1) is 11.8 Å². The number of nitrogens with two attached hydrogens (primary N) is 1. The van der Waals surface area contributed by atoms with Gasteiger partial charge in [0.2, 0.25) is 0 Å². The first-order valence-electron chi connectivity index (χ1n) is 5.60. The predicted molar refractivity (Wildman–Crippen MR) is 69.3 cm³/mol. The average Bonchev–Trinajstić information content (AvgIpc) is 2.27. The first-order chi connectivity index (χ1) is 7.17. The molecule has 1 rings (SSSR count). The Balaban J connectivity index is 2.62. The summed E-state index contributed by atoms with van der Waals surface area (Å²) in [6, 6.07) is 8.69. The Kier molecular flexibility index (Phi) is 5.20. The monoisotopic (exact) mass is 223 g/mol. The van der Waals surface area contributed by atoms with Crippen molar-refractivity contribution in [2.45, 2.75) is 37.3 Å². The molecule has 0 fully saturated rings. The minimum absolute atomic E-state index is 0.540. The number of hydrogen-bond donors (Lipinski definition) is 1. The molecule has 0 radical (unpaired) electrons. The third-order valence-corrected chi connectivity index (χ3v) is 4.32. The lowest BCUT2D eigenvalue weighted by Gasteiger charge is -2.20. The van der Waals surface area contributed by atoms with Crippen LogP contribution in [0.5, 0.6) is 0 Å². The summed E-state index contributed by atoms with van der Waals surface area (Å²) in [4.78, 5) is 1.33. The molecule has 0 bridgehead atoms. The quantitative estimate of drug-likeness (QED) is 0.774. The highest BCUT2D eigenvalue weighted by molar-refractivity contribution is 8.00. The Morgan fingerprint density at radius 2 is 1.87 bits per heavy atom. The molecule has 15 heavy (non-hydrogen) atoms.